The number of ether oxygens (including phenoxy) is 2. The molecule has 1 N–H and O–H groups in total. The smallest absolute Gasteiger partial charge is 0.296 e. The van der Waals surface area contributed by atoms with E-state index in [1.165, 1.54) is 4.57 Å². The summed E-state index contributed by atoms with van der Waals surface area (Å²) in [6.45, 7) is 3.82. The molecule has 4 heterocycles. The topological polar surface area (TPSA) is 77.3 Å². The number of benzene rings is 1. The SMILES string of the molecule is FC(F)c1nc2ccccc2n1-c1cc(OC2CNC2)nc(N2CCOCC2)n1. The van der Waals surface area contributed by atoms with Crippen LogP contribution in [0.3, 0.4) is 0 Å². The maximum absolute atomic E-state index is 13.8. The van der Waals surface area contributed by atoms with Gasteiger partial charge in [-0.15, -0.1) is 0 Å². The zero-order chi connectivity index (χ0) is 19.8. The lowest BCUT2D eigenvalue weighted by Crippen LogP contribution is -2.50. The van der Waals surface area contributed by atoms with Crippen LogP contribution in [0.1, 0.15) is 12.2 Å². The minimum atomic E-state index is -2.75. The van der Waals surface area contributed by atoms with Gasteiger partial charge >= 0.3 is 0 Å². The molecule has 0 aliphatic carbocycles. The molecule has 5 rings (SSSR count). The molecular weight excluding hydrogens is 382 g/mol. The lowest BCUT2D eigenvalue weighted by molar-refractivity contribution is 0.121. The Labute approximate surface area is 165 Å². The van der Waals surface area contributed by atoms with Crippen LogP contribution in [0.5, 0.6) is 5.88 Å². The molecular formula is C19H20F2N6O2. The van der Waals surface area contributed by atoms with Gasteiger partial charge in [0.05, 0.1) is 24.2 Å². The van der Waals surface area contributed by atoms with Crippen molar-refractivity contribution in [3.05, 3.63) is 36.2 Å². The van der Waals surface area contributed by atoms with E-state index in [1.54, 1.807) is 30.3 Å². The number of nitrogens with one attached hydrogen (secondary N) is 1. The standard InChI is InChI=1S/C19H20F2N6O2/c20-17(21)18-23-13-3-1-2-4-14(13)27(18)15-9-16(29-12-10-22-11-12)25-19(24-15)26-5-7-28-8-6-26/h1-4,9,12,17,22H,5-8,10-11H2. The number of hydrogen-bond acceptors (Lipinski definition) is 7. The van der Waals surface area contributed by atoms with E-state index in [0.717, 1.165) is 13.1 Å². The van der Waals surface area contributed by atoms with Crippen LogP contribution in [0.2, 0.25) is 0 Å². The first-order valence-corrected chi connectivity index (χ1v) is 9.54. The number of anilines is 1. The number of morpholine rings is 1. The molecule has 2 aliphatic heterocycles. The molecule has 0 saturated carbocycles. The van der Waals surface area contributed by atoms with Gasteiger partial charge in [-0.25, -0.2) is 13.8 Å². The number of aromatic nitrogens is 4. The summed E-state index contributed by atoms with van der Waals surface area (Å²) >= 11 is 0. The number of nitrogens with zero attached hydrogens (tertiary/aromatic N) is 5. The van der Waals surface area contributed by atoms with Crippen molar-refractivity contribution < 1.29 is 18.3 Å². The highest BCUT2D eigenvalue weighted by Gasteiger charge is 2.25. The van der Waals surface area contributed by atoms with E-state index in [1.807, 2.05) is 4.90 Å². The summed E-state index contributed by atoms with van der Waals surface area (Å²) in [5.74, 6) is 0.758. The van der Waals surface area contributed by atoms with Crippen molar-refractivity contribution in [2.24, 2.45) is 0 Å². The Morgan fingerprint density at radius 2 is 1.90 bits per heavy atom. The van der Waals surface area contributed by atoms with Crippen LogP contribution in [-0.4, -0.2) is 65.0 Å². The van der Waals surface area contributed by atoms with Crippen molar-refractivity contribution in [3.63, 3.8) is 0 Å². The molecule has 152 valence electrons. The van der Waals surface area contributed by atoms with E-state index in [-0.39, 0.29) is 11.9 Å². The molecule has 1 aromatic carbocycles. The number of halogens is 2. The molecule has 0 amide bonds. The Morgan fingerprint density at radius 1 is 1.10 bits per heavy atom. The summed E-state index contributed by atoms with van der Waals surface area (Å²) in [7, 11) is 0. The van der Waals surface area contributed by atoms with Crippen molar-refractivity contribution in [3.8, 4) is 11.7 Å². The van der Waals surface area contributed by atoms with E-state index in [2.05, 4.69) is 20.3 Å². The summed E-state index contributed by atoms with van der Waals surface area (Å²) in [5.41, 5.74) is 1.05. The maximum Gasteiger partial charge on any atom is 0.296 e. The van der Waals surface area contributed by atoms with Crippen LogP contribution in [0.25, 0.3) is 16.9 Å². The molecule has 0 spiro atoms. The van der Waals surface area contributed by atoms with Crippen LogP contribution in [0.15, 0.2) is 30.3 Å². The van der Waals surface area contributed by atoms with Crippen LogP contribution in [0, 0.1) is 0 Å². The van der Waals surface area contributed by atoms with Gasteiger partial charge in [-0.3, -0.25) is 4.57 Å². The number of fused-ring (bicyclic) bond motifs is 1. The monoisotopic (exact) mass is 402 g/mol. The summed E-state index contributed by atoms with van der Waals surface area (Å²) in [5, 5.41) is 3.14. The highest BCUT2D eigenvalue weighted by atomic mass is 19.3. The second-order valence-corrected chi connectivity index (χ2v) is 6.96. The first-order chi connectivity index (χ1) is 14.2. The Bertz CT molecular complexity index is 1020. The lowest BCUT2D eigenvalue weighted by atomic mass is 10.2. The van der Waals surface area contributed by atoms with E-state index in [9.17, 15) is 8.78 Å². The Balaban J connectivity index is 1.64. The van der Waals surface area contributed by atoms with Crippen LogP contribution >= 0.6 is 0 Å². The fraction of sp³-hybridized carbons (Fsp3) is 0.421. The zero-order valence-electron chi connectivity index (χ0n) is 15.6. The molecule has 8 nitrogen and oxygen atoms in total. The van der Waals surface area contributed by atoms with Crippen molar-refractivity contribution in [2.45, 2.75) is 12.5 Å². The van der Waals surface area contributed by atoms with Crippen molar-refractivity contribution in [2.75, 3.05) is 44.3 Å². The molecule has 0 unspecified atom stereocenters. The van der Waals surface area contributed by atoms with Crippen molar-refractivity contribution >= 4 is 17.0 Å². The molecule has 3 aromatic rings. The first-order valence-electron chi connectivity index (χ1n) is 9.54. The van der Waals surface area contributed by atoms with Gasteiger partial charge in [0.1, 0.15) is 11.9 Å². The number of imidazole rings is 1. The van der Waals surface area contributed by atoms with Gasteiger partial charge in [0.2, 0.25) is 11.8 Å². The largest absolute Gasteiger partial charge is 0.471 e. The molecule has 2 fully saturated rings. The molecule has 0 bridgehead atoms. The normalized spacial score (nSPS) is 17.7. The fourth-order valence-corrected chi connectivity index (χ4v) is 3.43. The third-order valence-electron chi connectivity index (χ3n) is 5.01. The van der Waals surface area contributed by atoms with Crippen LogP contribution in [0.4, 0.5) is 14.7 Å². The van der Waals surface area contributed by atoms with Crippen LogP contribution < -0.4 is 15.0 Å². The van der Waals surface area contributed by atoms with Crippen LogP contribution in [-0.2, 0) is 4.74 Å². The molecule has 10 heteroatoms. The van der Waals surface area contributed by atoms with Crippen molar-refractivity contribution in [1.82, 2.24) is 24.8 Å². The summed E-state index contributed by atoms with van der Waals surface area (Å²) < 4.78 is 40.3. The quantitative estimate of drug-likeness (QED) is 0.699. The van der Waals surface area contributed by atoms with Gasteiger partial charge in [-0.05, 0) is 12.1 Å². The lowest BCUT2D eigenvalue weighted by Gasteiger charge is -2.29. The number of rotatable bonds is 5. The number of hydrogen-bond donors (Lipinski definition) is 1. The fourth-order valence-electron chi connectivity index (χ4n) is 3.43. The van der Waals surface area contributed by atoms with Gasteiger partial charge in [0.15, 0.2) is 5.82 Å². The predicted molar refractivity (Wildman–Crippen MR) is 102 cm³/mol. The van der Waals surface area contributed by atoms with Gasteiger partial charge < -0.3 is 19.7 Å². The average molecular weight is 402 g/mol. The molecule has 0 radical (unpaired) electrons. The zero-order valence-corrected chi connectivity index (χ0v) is 15.6. The minimum absolute atomic E-state index is 0.00406. The number of alkyl halides is 2. The second-order valence-electron chi connectivity index (χ2n) is 6.96. The molecule has 2 saturated heterocycles. The van der Waals surface area contributed by atoms with E-state index >= 15 is 0 Å². The van der Waals surface area contributed by atoms with E-state index in [0.29, 0.717) is 55.0 Å². The molecule has 2 aliphatic rings. The first kappa shape index (κ1) is 18.2. The predicted octanol–water partition coefficient (Wildman–Crippen LogP) is 1.94. The van der Waals surface area contributed by atoms with Gasteiger partial charge in [-0.2, -0.15) is 9.97 Å². The van der Waals surface area contributed by atoms with E-state index in [4.69, 9.17) is 9.47 Å². The van der Waals surface area contributed by atoms with Gasteiger partial charge in [0.25, 0.3) is 6.43 Å². The van der Waals surface area contributed by atoms with Gasteiger partial charge in [0, 0.05) is 32.2 Å². The third kappa shape index (κ3) is 3.49. The molecule has 0 atom stereocenters. The second kappa shape index (κ2) is 7.53. The molecule has 2 aromatic heterocycles. The van der Waals surface area contributed by atoms with Crippen molar-refractivity contribution in [1.29, 1.82) is 0 Å². The summed E-state index contributed by atoms with van der Waals surface area (Å²) in [4.78, 5) is 15.2. The average Bonchev–Trinajstić information content (AvgIpc) is 3.11. The summed E-state index contributed by atoms with van der Waals surface area (Å²) in [6.07, 6.45) is -2.74. The highest BCUT2D eigenvalue weighted by molar-refractivity contribution is 5.78. The third-order valence-corrected chi connectivity index (χ3v) is 5.01. The summed E-state index contributed by atoms with van der Waals surface area (Å²) in [6, 6.07) is 8.62. The highest BCUT2D eigenvalue weighted by Crippen LogP contribution is 2.29. The Morgan fingerprint density at radius 3 is 2.62 bits per heavy atom. The Hall–Kier alpha value is -2.85. The van der Waals surface area contributed by atoms with E-state index < -0.39 is 6.43 Å². The Kier molecular flexibility index (Phi) is 4.72. The minimum Gasteiger partial charge on any atom is -0.471 e. The molecule has 29 heavy (non-hydrogen) atoms. The maximum atomic E-state index is 13.8. The number of para-hydroxylation sites is 2. The van der Waals surface area contributed by atoms with Gasteiger partial charge in [-0.1, -0.05) is 12.1 Å².